The van der Waals surface area contributed by atoms with E-state index in [1.54, 1.807) is 6.26 Å². The molecule has 0 saturated heterocycles. The first-order valence-electron chi connectivity index (χ1n) is 9.60. The zero-order valence-corrected chi connectivity index (χ0v) is 17.3. The maximum Gasteiger partial charge on any atom is 0.192 e. The molecule has 1 aromatic heterocycles. The Hall–Kier alpha value is -3.04. The van der Waals surface area contributed by atoms with Crippen LogP contribution in [0.4, 0.5) is 0 Å². The molecule has 0 aliphatic carbocycles. The number of rotatable bonds is 4. The van der Waals surface area contributed by atoms with Crippen molar-refractivity contribution < 1.29 is 9.15 Å². The van der Waals surface area contributed by atoms with Gasteiger partial charge in [0.1, 0.15) is 11.5 Å². The van der Waals surface area contributed by atoms with Gasteiger partial charge in [0, 0.05) is 23.1 Å². The fourth-order valence-corrected chi connectivity index (χ4v) is 4.51. The summed E-state index contributed by atoms with van der Waals surface area (Å²) in [4.78, 5) is 0. The zero-order chi connectivity index (χ0) is 19.7. The Morgan fingerprint density at radius 1 is 0.690 bits per heavy atom. The second-order valence-corrected chi connectivity index (χ2v) is 8.36. The van der Waals surface area contributed by atoms with Crippen LogP contribution in [-0.2, 0) is 9.25 Å². The predicted molar refractivity (Wildman–Crippen MR) is 120 cm³/mol. The summed E-state index contributed by atoms with van der Waals surface area (Å²) in [5.41, 5.74) is 5.40. The Labute approximate surface area is 178 Å². The smallest absolute Gasteiger partial charge is 0.192 e. The van der Waals surface area contributed by atoms with Gasteiger partial charge in [-0.2, -0.15) is 0 Å². The predicted octanol–water partition coefficient (Wildman–Crippen LogP) is 7.48. The van der Waals surface area contributed by atoms with Gasteiger partial charge in [0.25, 0.3) is 0 Å². The summed E-state index contributed by atoms with van der Waals surface area (Å²) in [6.07, 6.45) is 2.45. The third-order valence-corrected chi connectivity index (χ3v) is 6.12. The van der Waals surface area contributed by atoms with Crippen LogP contribution < -0.4 is 0 Å². The van der Waals surface area contributed by atoms with Gasteiger partial charge in [-0.3, -0.25) is 0 Å². The number of hydrogen-bond donors (Lipinski definition) is 0. The molecule has 3 aromatic carbocycles. The average molecular weight is 443 g/mol. The van der Waals surface area contributed by atoms with Gasteiger partial charge in [-0.1, -0.05) is 91.0 Å². The molecule has 0 amide bonds. The molecule has 0 radical (unpaired) electrons. The molecular weight excluding hydrogens is 424 g/mol. The number of benzene rings is 3. The van der Waals surface area contributed by atoms with Crippen molar-refractivity contribution in [3.05, 3.63) is 120 Å². The standard InChI is InChI=1S/C26H19BrO2/c27-26(21-14-8-3-9-15-21)18-23(19-10-4-1-5-11-19)25(29-26)22-16-17-28-24(22)20-12-6-2-7-13-20/h1-17H,18H2. The average Bonchev–Trinajstić information content (AvgIpc) is 3.41. The van der Waals surface area contributed by atoms with Crippen LogP contribution in [0, 0.1) is 0 Å². The normalized spacial score (nSPS) is 18.7. The van der Waals surface area contributed by atoms with Gasteiger partial charge < -0.3 is 9.15 Å². The van der Waals surface area contributed by atoms with E-state index in [1.807, 2.05) is 48.5 Å². The van der Waals surface area contributed by atoms with Crippen LogP contribution in [0.25, 0.3) is 22.7 Å². The van der Waals surface area contributed by atoms with E-state index in [-0.39, 0.29) is 0 Å². The molecule has 142 valence electrons. The summed E-state index contributed by atoms with van der Waals surface area (Å²) in [6, 6.07) is 32.8. The fourth-order valence-electron chi connectivity index (χ4n) is 3.81. The molecule has 0 fully saturated rings. The van der Waals surface area contributed by atoms with E-state index in [1.165, 1.54) is 0 Å². The van der Waals surface area contributed by atoms with Crippen LogP contribution in [0.15, 0.2) is 108 Å². The number of alkyl halides is 1. The first-order chi connectivity index (χ1) is 14.2. The maximum atomic E-state index is 6.64. The number of halogens is 1. The van der Waals surface area contributed by atoms with E-state index in [0.717, 1.165) is 45.8 Å². The van der Waals surface area contributed by atoms with Crippen molar-refractivity contribution in [2.75, 3.05) is 0 Å². The third kappa shape index (κ3) is 3.32. The van der Waals surface area contributed by atoms with Crippen LogP contribution >= 0.6 is 15.9 Å². The van der Waals surface area contributed by atoms with E-state index in [9.17, 15) is 0 Å². The van der Waals surface area contributed by atoms with Gasteiger partial charge in [0.15, 0.2) is 4.51 Å². The lowest BCUT2D eigenvalue weighted by Crippen LogP contribution is -2.16. The van der Waals surface area contributed by atoms with Crippen molar-refractivity contribution in [1.29, 1.82) is 0 Å². The topological polar surface area (TPSA) is 22.4 Å². The third-order valence-electron chi connectivity index (χ3n) is 5.22. The number of hydrogen-bond acceptors (Lipinski definition) is 2. The lowest BCUT2D eigenvalue weighted by Gasteiger charge is -2.23. The monoisotopic (exact) mass is 442 g/mol. The Bertz CT molecular complexity index is 1150. The minimum absolute atomic E-state index is 0.611. The fraction of sp³-hybridized carbons (Fsp3) is 0.0769. The zero-order valence-electron chi connectivity index (χ0n) is 15.7. The Balaban J connectivity index is 1.66. The Morgan fingerprint density at radius 2 is 1.28 bits per heavy atom. The van der Waals surface area contributed by atoms with E-state index in [4.69, 9.17) is 9.15 Å². The van der Waals surface area contributed by atoms with Crippen molar-refractivity contribution >= 4 is 27.3 Å². The van der Waals surface area contributed by atoms with Gasteiger partial charge in [0.05, 0.1) is 11.8 Å². The van der Waals surface area contributed by atoms with Crippen LogP contribution in [0.1, 0.15) is 23.1 Å². The van der Waals surface area contributed by atoms with Gasteiger partial charge in [-0.25, -0.2) is 0 Å². The molecule has 0 spiro atoms. The van der Waals surface area contributed by atoms with Gasteiger partial charge >= 0.3 is 0 Å². The lowest BCUT2D eigenvalue weighted by molar-refractivity contribution is 0.164. The lowest BCUT2D eigenvalue weighted by atomic mass is 9.95. The van der Waals surface area contributed by atoms with Gasteiger partial charge in [-0.15, -0.1) is 0 Å². The molecule has 3 heteroatoms. The molecule has 29 heavy (non-hydrogen) atoms. The Kier molecular flexibility index (Phi) is 4.61. The first-order valence-corrected chi connectivity index (χ1v) is 10.4. The summed E-state index contributed by atoms with van der Waals surface area (Å²) in [7, 11) is 0. The summed E-state index contributed by atoms with van der Waals surface area (Å²) in [6.45, 7) is 0. The van der Waals surface area contributed by atoms with Gasteiger partial charge in [0.2, 0.25) is 0 Å². The molecule has 0 bridgehead atoms. The largest absolute Gasteiger partial charge is 0.470 e. The summed E-state index contributed by atoms with van der Waals surface area (Å²) < 4.78 is 11.9. The van der Waals surface area contributed by atoms with E-state index in [2.05, 4.69) is 64.5 Å². The SMILES string of the molecule is BrC1(c2ccccc2)CC(c2ccccc2)=C(c2ccoc2-c2ccccc2)O1. The minimum Gasteiger partial charge on any atom is -0.470 e. The molecule has 1 unspecified atom stereocenters. The summed E-state index contributed by atoms with van der Waals surface area (Å²) in [5, 5.41) is 0. The summed E-state index contributed by atoms with van der Waals surface area (Å²) in [5.74, 6) is 1.67. The van der Waals surface area contributed by atoms with Crippen molar-refractivity contribution in [2.45, 2.75) is 10.9 Å². The van der Waals surface area contributed by atoms with Crippen LogP contribution in [-0.4, -0.2) is 0 Å². The molecule has 0 saturated carbocycles. The second-order valence-electron chi connectivity index (χ2n) is 7.08. The molecule has 2 heterocycles. The molecule has 1 aliphatic rings. The first kappa shape index (κ1) is 18.0. The molecule has 4 aromatic rings. The highest BCUT2D eigenvalue weighted by molar-refractivity contribution is 9.09. The molecular formula is C26H19BrO2. The number of ether oxygens (including phenoxy) is 1. The van der Waals surface area contributed by atoms with E-state index in [0.29, 0.717) is 0 Å². The quantitative estimate of drug-likeness (QED) is 0.305. The maximum absolute atomic E-state index is 6.64. The highest BCUT2D eigenvalue weighted by Gasteiger charge is 2.42. The molecule has 1 atom stereocenters. The molecule has 0 N–H and O–H groups in total. The van der Waals surface area contributed by atoms with Crippen molar-refractivity contribution in [1.82, 2.24) is 0 Å². The van der Waals surface area contributed by atoms with Crippen LogP contribution in [0.2, 0.25) is 0 Å². The van der Waals surface area contributed by atoms with Gasteiger partial charge in [-0.05, 0) is 27.6 Å². The molecule has 2 nitrogen and oxygen atoms in total. The van der Waals surface area contributed by atoms with Crippen molar-refractivity contribution in [2.24, 2.45) is 0 Å². The second kappa shape index (κ2) is 7.41. The van der Waals surface area contributed by atoms with Crippen molar-refractivity contribution in [3.8, 4) is 11.3 Å². The van der Waals surface area contributed by atoms with Crippen molar-refractivity contribution in [3.63, 3.8) is 0 Å². The summed E-state index contributed by atoms with van der Waals surface area (Å²) >= 11 is 3.90. The van der Waals surface area contributed by atoms with Crippen LogP contribution in [0.3, 0.4) is 0 Å². The number of furan rings is 1. The Morgan fingerprint density at radius 3 is 1.93 bits per heavy atom. The minimum atomic E-state index is -0.611. The van der Waals surface area contributed by atoms with Crippen LogP contribution in [0.5, 0.6) is 0 Å². The molecule has 5 rings (SSSR count). The van der Waals surface area contributed by atoms with E-state index >= 15 is 0 Å². The molecule has 1 aliphatic heterocycles. The highest BCUT2D eigenvalue weighted by atomic mass is 79.9. The van der Waals surface area contributed by atoms with E-state index < -0.39 is 4.51 Å². The highest BCUT2D eigenvalue weighted by Crippen LogP contribution is 2.53.